The summed E-state index contributed by atoms with van der Waals surface area (Å²) in [5.74, 6) is -0.745. The first-order chi connectivity index (χ1) is 9.49. The van der Waals surface area contributed by atoms with Gasteiger partial charge in [-0.2, -0.15) is 0 Å². The maximum atomic E-state index is 13.5. The van der Waals surface area contributed by atoms with Crippen LogP contribution in [0.5, 0.6) is 0 Å². The van der Waals surface area contributed by atoms with E-state index >= 15 is 0 Å². The van der Waals surface area contributed by atoms with E-state index in [1.165, 1.54) is 6.07 Å². The summed E-state index contributed by atoms with van der Waals surface area (Å²) in [7, 11) is 0. The molecule has 1 atom stereocenters. The van der Waals surface area contributed by atoms with Crippen molar-refractivity contribution >= 4 is 23.2 Å². The van der Waals surface area contributed by atoms with Crippen LogP contribution in [0.1, 0.15) is 33.8 Å². The Morgan fingerprint density at radius 3 is 2.60 bits per heavy atom. The number of amides is 1. The Bertz CT molecular complexity index is 640. The van der Waals surface area contributed by atoms with E-state index in [9.17, 15) is 9.18 Å². The Morgan fingerprint density at radius 2 is 1.95 bits per heavy atom. The zero-order valence-electron chi connectivity index (χ0n) is 11.3. The van der Waals surface area contributed by atoms with E-state index in [0.717, 1.165) is 5.56 Å². The summed E-state index contributed by atoms with van der Waals surface area (Å²) in [5, 5.41) is 2.54. The maximum absolute atomic E-state index is 13.5. The number of anilines is 1. The third-order valence-corrected chi connectivity index (χ3v) is 3.31. The minimum atomic E-state index is -0.392. The number of halogens is 2. The number of para-hydroxylation sites is 1. The monoisotopic (exact) mass is 291 g/mol. The fourth-order valence-corrected chi connectivity index (χ4v) is 2.08. The highest BCUT2D eigenvalue weighted by molar-refractivity contribution is 6.21. The summed E-state index contributed by atoms with van der Waals surface area (Å²) in [6.07, 6.45) is 0. The van der Waals surface area contributed by atoms with Crippen molar-refractivity contribution in [3.8, 4) is 0 Å². The molecule has 0 aromatic heterocycles. The Kier molecular flexibility index (Phi) is 4.40. The van der Waals surface area contributed by atoms with Crippen molar-refractivity contribution in [2.45, 2.75) is 19.2 Å². The fourth-order valence-electron chi connectivity index (χ4n) is 1.89. The third-order valence-electron chi connectivity index (χ3n) is 3.07. The van der Waals surface area contributed by atoms with Crippen LogP contribution in [-0.4, -0.2) is 5.91 Å². The van der Waals surface area contributed by atoms with Crippen LogP contribution in [0.25, 0.3) is 0 Å². The van der Waals surface area contributed by atoms with Gasteiger partial charge in [-0.05, 0) is 43.2 Å². The second-order valence-electron chi connectivity index (χ2n) is 4.62. The normalized spacial score (nSPS) is 12.0. The van der Waals surface area contributed by atoms with Gasteiger partial charge in [0.1, 0.15) is 5.82 Å². The lowest BCUT2D eigenvalue weighted by Crippen LogP contribution is -2.13. The van der Waals surface area contributed by atoms with Gasteiger partial charge in [0, 0.05) is 11.3 Å². The smallest absolute Gasteiger partial charge is 0.255 e. The van der Waals surface area contributed by atoms with Crippen molar-refractivity contribution in [3.63, 3.8) is 0 Å². The zero-order chi connectivity index (χ0) is 14.7. The number of hydrogen-bond acceptors (Lipinski definition) is 1. The van der Waals surface area contributed by atoms with Crippen LogP contribution in [0, 0.1) is 12.7 Å². The van der Waals surface area contributed by atoms with Crippen molar-refractivity contribution in [2.24, 2.45) is 0 Å². The first-order valence-corrected chi connectivity index (χ1v) is 6.73. The molecule has 104 valence electrons. The molecule has 2 nitrogen and oxygen atoms in total. The predicted molar refractivity (Wildman–Crippen MR) is 79.8 cm³/mol. The van der Waals surface area contributed by atoms with E-state index in [1.807, 2.05) is 25.1 Å². The molecular weight excluding hydrogens is 277 g/mol. The van der Waals surface area contributed by atoms with Crippen molar-refractivity contribution in [1.82, 2.24) is 0 Å². The van der Waals surface area contributed by atoms with E-state index in [0.29, 0.717) is 11.3 Å². The number of carbonyl (C=O) groups is 1. The maximum Gasteiger partial charge on any atom is 0.255 e. The summed E-state index contributed by atoms with van der Waals surface area (Å²) in [6.45, 7) is 3.49. The quantitative estimate of drug-likeness (QED) is 0.817. The van der Waals surface area contributed by atoms with Crippen molar-refractivity contribution < 1.29 is 9.18 Å². The predicted octanol–water partition coefficient (Wildman–Crippen LogP) is 4.69. The molecule has 1 N–H and O–H groups in total. The molecule has 4 heteroatoms. The highest BCUT2D eigenvalue weighted by Gasteiger charge is 2.12. The Morgan fingerprint density at radius 1 is 1.25 bits per heavy atom. The average molecular weight is 292 g/mol. The zero-order valence-corrected chi connectivity index (χ0v) is 12.0. The van der Waals surface area contributed by atoms with Gasteiger partial charge in [-0.15, -0.1) is 11.6 Å². The second kappa shape index (κ2) is 6.06. The van der Waals surface area contributed by atoms with Gasteiger partial charge >= 0.3 is 0 Å². The number of aryl methyl sites for hydroxylation is 1. The van der Waals surface area contributed by atoms with Crippen LogP contribution in [-0.2, 0) is 0 Å². The Hall–Kier alpha value is -1.87. The number of hydrogen-bond donors (Lipinski definition) is 1. The van der Waals surface area contributed by atoms with E-state index in [2.05, 4.69) is 5.32 Å². The summed E-state index contributed by atoms with van der Waals surface area (Å²) in [4.78, 5) is 12.1. The topological polar surface area (TPSA) is 29.1 Å². The fraction of sp³-hybridized carbons (Fsp3) is 0.188. The number of rotatable bonds is 3. The van der Waals surface area contributed by atoms with Crippen molar-refractivity contribution in [2.75, 3.05) is 5.32 Å². The Labute approximate surface area is 122 Å². The molecule has 1 unspecified atom stereocenters. The van der Waals surface area contributed by atoms with Gasteiger partial charge < -0.3 is 5.32 Å². The van der Waals surface area contributed by atoms with Crippen LogP contribution < -0.4 is 5.32 Å². The summed E-state index contributed by atoms with van der Waals surface area (Å²) >= 11 is 6.07. The van der Waals surface area contributed by atoms with Gasteiger partial charge in [-0.25, -0.2) is 4.39 Å². The van der Waals surface area contributed by atoms with E-state index in [1.54, 1.807) is 25.1 Å². The molecule has 0 saturated heterocycles. The molecule has 0 aliphatic heterocycles. The lowest BCUT2D eigenvalue weighted by Gasteiger charge is -2.12. The highest BCUT2D eigenvalue weighted by atomic mass is 35.5. The molecule has 0 bridgehead atoms. The third kappa shape index (κ3) is 3.17. The van der Waals surface area contributed by atoms with Crippen molar-refractivity contribution in [1.29, 1.82) is 0 Å². The SMILES string of the molecule is Cc1ccc(C(=O)Nc2ccccc2C(C)Cl)cc1F. The molecular formula is C16H15ClFNO. The van der Waals surface area contributed by atoms with Gasteiger partial charge in [0.05, 0.1) is 5.38 Å². The van der Waals surface area contributed by atoms with E-state index in [-0.39, 0.29) is 16.8 Å². The first-order valence-electron chi connectivity index (χ1n) is 6.29. The molecule has 0 aliphatic carbocycles. The van der Waals surface area contributed by atoms with Gasteiger partial charge in [-0.1, -0.05) is 24.3 Å². The second-order valence-corrected chi connectivity index (χ2v) is 5.28. The summed E-state index contributed by atoms with van der Waals surface area (Å²) < 4.78 is 13.5. The molecule has 0 fully saturated rings. The van der Waals surface area contributed by atoms with E-state index < -0.39 is 5.82 Å². The number of alkyl halides is 1. The molecule has 0 heterocycles. The molecule has 0 spiro atoms. The van der Waals surface area contributed by atoms with Crippen LogP contribution in [0.15, 0.2) is 42.5 Å². The highest BCUT2D eigenvalue weighted by Crippen LogP contribution is 2.27. The average Bonchev–Trinajstić information content (AvgIpc) is 2.42. The van der Waals surface area contributed by atoms with E-state index in [4.69, 9.17) is 11.6 Å². The molecule has 20 heavy (non-hydrogen) atoms. The minimum Gasteiger partial charge on any atom is -0.322 e. The number of nitrogens with one attached hydrogen (secondary N) is 1. The number of carbonyl (C=O) groups excluding carboxylic acids is 1. The summed E-state index contributed by atoms with van der Waals surface area (Å²) in [5.41, 5.74) is 2.26. The van der Waals surface area contributed by atoms with Gasteiger partial charge in [0.2, 0.25) is 0 Å². The molecule has 0 radical (unpaired) electrons. The van der Waals surface area contributed by atoms with Crippen LogP contribution in [0.4, 0.5) is 10.1 Å². The molecule has 0 saturated carbocycles. The first kappa shape index (κ1) is 14.5. The van der Waals surface area contributed by atoms with Crippen molar-refractivity contribution in [3.05, 3.63) is 65.0 Å². The minimum absolute atomic E-state index is 0.221. The molecule has 1 amide bonds. The molecule has 2 rings (SSSR count). The van der Waals surface area contributed by atoms with Crippen LogP contribution in [0.3, 0.4) is 0 Å². The van der Waals surface area contributed by atoms with Gasteiger partial charge in [-0.3, -0.25) is 4.79 Å². The van der Waals surface area contributed by atoms with Crippen LogP contribution >= 0.6 is 11.6 Å². The van der Waals surface area contributed by atoms with Crippen LogP contribution in [0.2, 0.25) is 0 Å². The molecule has 0 aliphatic rings. The van der Waals surface area contributed by atoms with Gasteiger partial charge in [0.25, 0.3) is 5.91 Å². The van der Waals surface area contributed by atoms with Gasteiger partial charge in [0.15, 0.2) is 0 Å². The molecule has 2 aromatic carbocycles. The standard InChI is InChI=1S/C16H15ClFNO/c1-10-7-8-12(9-14(10)18)16(20)19-15-6-4-3-5-13(15)11(2)17/h3-9,11H,1-2H3,(H,19,20). The largest absolute Gasteiger partial charge is 0.322 e. The molecule has 2 aromatic rings. The lowest BCUT2D eigenvalue weighted by molar-refractivity contribution is 0.102. The number of benzene rings is 2. The Balaban J connectivity index is 2.26. The summed E-state index contributed by atoms with van der Waals surface area (Å²) in [6, 6.07) is 11.7. The lowest BCUT2D eigenvalue weighted by atomic mass is 10.1.